The molecule has 3 unspecified atom stereocenters. The Balaban J connectivity index is 4.23. The van der Waals surface area contributed by atoms with Crippen molar-refractivity contribution in [1.29, 1.82) is 0 Å². The molecule has 0 saturated heterocycles. The number of aliphatic hydroxyl groups is 1. The number of aliphatic hydroxyl groups excluding tert-OH is 1. The van der Waals surface area contributed by atoms with Gasteiger partial charge in [-0.1, -0.05) is 126 Å². The number of carbonyl (C=O) groups is 1. The zero-order valence-electron chi connectivity index (χ0n) is 31.2. The third kappa shape index (κ3) is 32.7. The van der Waals surface area contributed by atoms with Crippen LogP contribution in [0.25, 0.3) is 0 Å². The first-order valence-electron chi connectivity index (χ1n) is 18.7. The summed E-state index contributed by atoms with van der Waals surface area (Å²) < 4.78 is 23.3. The van der Waals surface area contributed by atoms with Gasteiger partial charge in [0.05, 0.1) is 39.9 Å². The van der Waals surface area contributed by atoms with Crippen molar-refractivity contribution in [3.63, 3.8) is 0 Å². The molecule has 8 nitrogen and oxygen atoms in total. The van der Waals surface area contributed by atoms with E-state index < -0.39 is 20.0 Å². The Morgan fingerprint density at radius 3 is 1.83 bits per heavy atom. The number of carbonyl (C=O) groups excluding carboxylic acids is 1. The van der Waals surface area contributed by atoms with Crippen LogP contribution in [0.5, 0.6) is 0 Å². The summed E-state index contributed by atoms with van der Waals surface area (Å²) in [6, 6.07) is -0.848. The zero-order valence-corrected chi connectivity index (χ0v) is 32.1. The molecular weight excluding hydrogens is 623 g/mol. The molecule has 0 aliphatic carbocycles. The Labute approximate surface area is 294 Å². The Hall–Kier alpha value is -1.80. The molecule has 1 amide bonds. The van der Waals surface area contributed by atoms with Crippen molar-refractivity contribution < 1.29 is 32.9 Å². The molecule has 0 saturated carbocycles. The second-order valence-corrected chi connectivity index (χ2v) is 15.0. The number of hydrogen-bond acceptors (Lipinski definition) is 5. The van der Waals surface area contributed by atoms with Gasteiger partial charge >= 0.3 is 7.82 Å². The summed E-state index contributed by atoms with van der Waals surface area (Å²) in [6.45, 7) is 4.55. The van der Waals surface area contributed by atoms with Crippen molar-refractivity contribution in [2.24, 2.45) is 0 Å². The fourth-order valence-corrected chi connectivity index (χ4v) is 5.47. The van der Waals surface area contributed by atoms with Crippen LogP contribution in [0.15, 0.2) is 60.8 Å². The van der Waals surface area contributed by atoms with Gasteiger partial charge in [-0.3, -0.25) is 13.8 Å². The Bertz CT molecular complexity index is 970. The van der Waals surface area contributed by atoms with Crippen LogP contribution in [0.3, 0.4) is 0 Å². The van der Waals surface area contributed by atoms with Crippen molar-refractivity contribution in [1.82, 2.24) is 5.32 Å². The van der Waals surface area contributed by atoms with Crippen LogP contribution in [-0.2, 0) is 18.4 Å². The first-order valence-corrected chi connectivity index (χ1v) is 20.2. The van der Waals surface area contributed by atoms with E-state index >= 15 is 0 Å². The average Bonchev–Trinajstić information content (AvgIpc) is 3.02. The number of unbranched alkanes of at least 4 members (excludes halogenated alkanes) is 11. The number of likely N-dealkylation sites (N-methyl/N-ethyl adjacent to an activating group) is 1. The fourth-order valence-electron chi connectivity index (χ4n) is 4.73. The molecule has 3 N–H and O–H groups in total. The normalized spacial score (nSPS) is 15.4. The Morgan fingerprint density at radius 1 is 0.729 bits per heavy atom. The van der Waals surface area contributed by atoms with Crippen molar-refractivity contribution in [2.75, 3.05) is 40.9 Å². The minimum atomic E-state index is -4.32. The van der Waals surface area contributed by atoms with E-state index in [4.69, 9.17) is 9.05 Å². The lowest BCUT2D eigenvalue weighted by Crippen LogP contribution is -2.45. The standard InChI is InChI=1S/C39H71N2O6P/c1-6-8-10-12-13-14-15-16-17-18-19-20-21-22-23-24-25-26-27-29-31-33-39(43)40-37(38(42)32-30-28-11-9-7-2)36-47-48(44,45)46-35-34-41(3,4)5/h8,10,13-14,16-17,19-20,30,32,37-38,42H,6-7,9,11-12,15,18,21-29,31,33-36H2,1-5H3,(H-,40,43,44,45)/p+1/b10-8-,14-13-,17-16-,20-19-,32-30+. The maximum atomic E-state index is 12.7. The number of quaternary nitrogens is 1. The fraction of sp³-hybridized carbons (Fsp3) is 0.718. The number of phosphoric acid groups is 1. The van der Waals surface area contributed by atoms with Crippen molar-refractivity contribution in [3.05, 3.63) is 60.8 Å². The van der Waals surface area contributed by atoms with Crippen molar-refractivity contribution >= 4 is 13.7 Å². The summed E-state index contributed by atoms with van der Waals surface area (Å²) in [5.41, 5.74) is 0. The summed E-state index contributed by atoms with van der Waals surface area (Å²) in [4.78, 5) is 22.8. The van der Waals surface area contributed by atoms with Crippen LogP contribution in [-0.4, -0.2) is 73.4 Å². The molecule has 0 fully saturated rings. The van der Waals surface area contributed by atoms with Gasteiger partial charge in [0.25, 0.3) is 0 Å². The molecule has 0 radical (unpaired) electrons. The van der Waals surface area contributed by atoms with Gasteiger partial charge in [-0.05, 0) is 57.8 Å². The van der Waals surface area contributed by atoms with Gasteiger partial charge in [0, 0.05) is 6.42 Å². The SMILES string of the molecule is CC/C=C\C/C=C\C/C=C\C/C=C\CCCCCCCCCCC(=O)NC(COP(=O)(O)OCC[N+](C)(C)C)C(O)/C=C/CCCCC. The van der Waals surface area contributed by atoms with E-state index in [0.717, 1.165) is 77.0 Å². The predicted octanol–water partition coefficient (Wildman–Crippen LogP) is 9.51. The highest BCUT2D eigenvalue weighted by Gasteiger charge is 2.27. The number of nitrogens with zero attached hydrogens (tertiary/aromatic N) is 1. The van der Waals surface area contributed by atoms with E-state index in [9.17, 15) is 19.4 Å². The molecule has 0 aliphatic heterocycles. The minimum absolute atomic E-state index is 0.0558. The molecule has 0 rings (SSSR count). The summed E-state index contributed by atoms with van der Waals surface area (Å²) in [6.07, 6.45) is 39.0. The highest BCUT2D eigenvalue weighted by Crippen LogP contribution is 2.43. The van der Waals surface area contributed by atoms with Gasteiger partial charge < -0.3 is 19.8 Å². The lowest BCUT2D eigenvalue weighted by Gasteiger charge is -2.25. The highest BCUT2D eigenvalue weighted by molar-refractivity contribution is 7.47. The van der Waals surface area contributed by atoms with E-state index in [1.807, 2.05) is 27.2 Å². The number of amides is 1. The average molecular weight is 696 g/mol. The lowest BCUT2D eigenvalue weighted by atomic mass is 10.1. The smallest absolute Gasteiger partial charge is 0.387 e. The maximum absolute atomic E-state index is 12.7. The molecule has 48 heavy (non-hydrogen) atoms. The van der Waals surface area contributed by atoms with E-state index in [2.05, 4.69) is 67.8 Å². The first kappa shape index (κ1) is 46.2. The van der Waals surface area contributed by atoms with Gasteiger partial charge in [0.1, 0.15) is 13.2 Å². The number of phosphoric ester groups is 1. The number of rotatable bonds is 32. The van der Waals surface area contributed by atoms with Gasteiger partial charge in [-0.2, -0.15) is 0 Å². The van der Waals surface area contributed by atoms with Crippen LogP contribution in [0, 0.1) is 0 Å². The molecule has 0 spiro atoms. The molecule has 0 aromatic carbocycles. The van der Waals surface area contributed by atoms with Crippen LogP contribution in [0.4, 0.5) is 0 Å². The Kier molecular flexibility index (Phi) is 30.0. The van der Waals surface area contributed by atoms with Gasteiger partial charge in [0.15, 0.2) is 0 Å². The molecule has 0 bridgehead atoms. The van der Waals surface area contributed by atoms with E-state index in [-0.39, 0.29) is 19.1 Å². The number of hydrogen-bond donors (Lipinski definition) is 3. The Morgan fingerprint density at radius 2 is 1.25 bits per heavy atom. The van der Waals surface area contributed by atoms with Crippen LogP contribution >= 0.6 is 7.82 Å². The minimum Gasteiger partial charge on any atom is -0.387 e. The largest absolute Gasteiger partial charge is 0.472 e. The third-order valence-electron chi connectivity index (χ3n) is 7.74. The number of allylic oxidation sites excluding steroid dienone is 9. The summed E-state index contributed by atoms with van der Waals surface area (Å²) in [5.74, 6) is -0.198. The predicted molar refractivity (Wildman–Crippen MR) is 203 cm³/mol. The van der Waals surface area contributed by atoms with Crippen LogP contribution in [0.2, 0.25) is 0 Å². The molecule has 3 atom stereocenters. The molecule has 278 valence electrons. The molecular formula is C39H72N2O6P+. The summed E-state index contributed by atoms with van der Waals surface area (Å²) in [7, 11) is 1.55. The second kappa shape index (κ2) is 31.2. The number of nitrogens with one attached hydrogen (secondary N) is 1. The topological polar surface area (TPSA) is 105 Å². The molecule has 0 heterocycles. The van der Waals surface area contributed by atoms with Crippen molar-refractivity contribution in [2.45, 2.75) is 142 Å². The molecule has 0 aromatic heterocycles. The quantitative estimate of drug-likeness (QED) is 0.0280. The second-order valence-electron chi connectivity index (χ2n) is 13.6. The maximum Gasteiger partial charge on any atom is 0.472 e. The van der Waals surface area contributed by atoms with Gasteiger partial charge in [0.2, 0.25) is 5.91 Å². The molecule has 0 aliphatic rings. The van der Waals surface area contributed by atoms with E-state index in [1.54, 1.807) is 6.08 Å². The van der Waals surface area contributed by atoms with Gasteiger partial charge in [-0.15, -0.1) is 0 Å². The van der Waals surface area contributed by atoms with Gasteiger partial charge in [-0.25, -0.2) is 4.57 Å². The van der Waals surface area contributed by atoms with Crippen molar-refractivity contribution in [3.8, 4) is 0 Å². The highest BCUT2D eigenvalue weighted by atomic mass is 31.2. The summed E-state index contributed by atoms with van der Waals surface area (Å²) in [5, 5.41) is 13.5. The van der Waals surface area contributed by atoms with E-state index in [1.165, 1.54) is 32.1 Å². The first-order chi connectivity index (χ1) is 23.0. The lowest BCUT2D eigenvalue weighted by molar-refractivity contribution is -0.870. The molecule has 0 aromatic rings. The van der Waals surface area contributed by atoms with E-state index in [0.29, 0.717) is 17.4 Å². The van der Waals surface area contributed by atoms with Crippen LogP contribution < -0.4 is 5.32 Å². The third-order valence-corrected chi connectivity index (χ3v) is 8.73. The van der Waals surface area contributed by atoms with Crippen LogP contribution in [0.1, 0.15) is 129 Å². The monoisotopic (exact) mass is 696 g/mol. The summed E-state index contributed by atoms with van der Waals surface area (Å²) >= 11 is 0. The zero-order chi connectivity index (χ0) is 35.8. The molecule has 9 heteroatoms.